The molecule has 3 unspecified atom stereocenters. The van der Waals surface area contributed by atoms with Gasteiger partial charge in [0.05, 0.1) is 18.2 Å². The van der Waals surface area contributed by atoms with Gasteiger partial charge in [-0.1, -0.05) is 0 Å². The summed E-state index contributed by atoms with van der Waals surface area (Å²) in [6.07, 6.45) is 2.74. The smallest absolute Gasteiger partial charge is 0.239 e. The quantitative estimate of drug-likeness (QED) is 0.831. The molecule has 1 saturated heterocycles. The Kier molecular flexibility index (Phi) is 5.22. The number of hydrogen-bond donors (Lipinski definition) is 1. The minimum atomic E-state index is -0.0509. The predicted octanol–water partition coefficient (Wildman–Crippen LogP) is 1.18. The highest BCUT2D eigenvalue weighted by Crippen LogP contribution is 2.20. The van der Waals surface area contributed by atoms with Crippen LogP contribution in [-0.2, 0) is 9.53 Å². The zero-order chi connectivity index (χ0) is 11.7. The highest BCUT2D eigenvalue weighted by Gasteiger charge is 2.31. The molecule has 0 bridgehead atoms. The van der Waals surface area contributed by atoms with Crippen LogP contribution < -0.4 is 5.32 Å². The Morgan fingerprint density at radius 1 is 1.29 bits per heavy atom. The zero-order valence-corrected chi connectivity index (χ0v) is 11.6. The third-order valence-electron chi connectivity index (χ3n) is 3.16. The van der Waals surface area contributed by atoms with E-state index in [0.29, 0.717) is 6.04 Å². The highest BCUT2D eigenvalue weighted by molar-refractivity contribution is 5.85. The summed E-state index contributed by atoms with van der Waals surface area (Å²) in [4.78, 5) is 14.1. The van der Waals surface area contributed by atoms with Gasteiger partial charge in [0.2, 0.25) is 5.91 Å². The first-order valence-corrected chi connectivity index (χ1v) is 6.26. The van der Waals surface area contributed by atoms with Gasteiger partial charge in [0, 0.05) is 19.1 Å². The van der Waals surface area contributed by atoms with E-state index in [2.05, 4.69) is 5.32 Å². The predicted molar refractivity (Wildman–Crippen MR) is 69.5 cm³/mol. The Hall–Kier alpha value is -0.320. The second-order valence-electron chi connectivity index (χ2n) is 5.16. The van der Waals surface area contributed by atoms with Crippen molar-refractivity contribution in [1.82, 2.24) is 10.2 Å². The van der Waals surface area contributed by atoms with E-state index in [4.69, 9.17) is 4.74 Å². The fourth-order valence-electron chi connectivity index (χ4n) is 2.31. The SMILES string of the molecule is CC1CN(C(=O)C(C)NC2CC2)CC(C)O1.Cl. The van der Waals surface area contributed by atoms with Gasteiger partial charge < -0.3 is 15.0 Å². The lowest BCUT2D eigenvalue weighted by Crippen LogP contribution is -2.53. The molecule has 1 N–H and O–H groups in total. The molecule has 2 fully saturated rings. The van der Waals surface area contributed by atoms with E-state index in [1.54, 1.807) is 0 Å². The second-order valence-corrected chi connectivity index (χ2v) is 5.16. The molecule has 1 aliphatic heterocycles. The lowest BCUT2D eigenvalue weighted by atomic mass is 10.2. The fraction of sp³-hybridized carbons (Fsp3) is 0.917. The van der Waals surface area contributed by atoms with Crippen LogP contribution in [0.3, 0.4) is 0 Å². The van der Waals surface area contributed by atoms with Crippen molar-refractivity contribution in [1.29, 1.82) is 0 Å². The number of amides is 1. The van der Waals surface area contributed by atoms with Crippen molar-refractivity contribution in [2.24, 2.45) is 0 Å². The first kappa shape index (κ1) is 14.7. The van der Waals surface area contributed by atoms with Gasteiger partial charge in [0.25, 0.3) is 0 Å². The fourth-order valence-corrected chi connectivity index (χ4v) is 2.31. The molecule has 2 rings (SSSR count). The van der Waals surface area contributed by atoms with E-state index < -0.39 is 0 Å². The number of carbonyl (C=O) groups excluding carboxylic acids is 1. The molecule has 3 atom stereocenters. The van der Waals surface area contributed by atoms with Gasteiger partial charge in [-0.2, -0.15) is 0 Å². The minimum Gasteiger partial charge on any atom is -0.372 e. The van der Waals surface area contributed by atoms with E-state index in [-0.39, 0.29) is 36.6 Å². The average Bonchev–Trinajstić information content (AvgIpc) is 2.99. The summed E-state index contributed by atoms with van der Waals surface area (Å²) in [5.74, 6) is 0.217. The van der Waals surface area contributed by atoms with Crippen molar-refractivity contribution in [3.63, 3.8) is 0 Å². The Balaban J connectivity index is 0.00000144. The van der Waals surface area contributed by atoms with Crippen molar-refractivity contribution in [2.45, 2.75) is 57.9 Å². The van der Waals surface area contributed by atoms with Crippen molar-refractivity contribution in [3.8, 4) is 0 Å². The number of hydrogen-bond acceptors (Lipinski definition) is 3. The Morgan fingerprint density at radius 2 is 1.82 bits per heavy atom. The van der Waals surface area contributed by atoms with Crippen LogP contribution in [0.1, 0.15) is 33.6 Å². The van der Waals surface area contributed by atoms with Crippen molar-refractivity contribution >= 4 is 18.3 Å². The monoisotopic (exact) mass is 262 g/mol. The van der Waals surface area contributed by atoms with Crippen LogP contribution in [0.5, 0.6) is 0 Å². The molecule has 100 valence electrons. The zero-order valence-electron chi connectivity index (χ0n) is 10.8. The standard InChI is InChI=1S/C12H22N2O2.ClH/c1-8-6-14(7-9(2)16-8)12(15)10(3)13-11-4-5-11;/h8-11,13H,4-7H2,1-3H3;1H. The molecular formula is C12H23ClN2O2. The summed E-state index contributed by atoms with van der Waals surface area (Å²) in [5, 5.41) is 3.35. The summed E-state index contributed by atoms with van der Waals surface area (Å²) in [7, 11) is 0. The molecule has 1 heterocycles. The molecule has 17 heavy (non-hydrogen) atoms. The second kappa shape index (κ2) is 6.03. The van der Waals surface area contributed by atoms with Crippen LogP contribution in [0, 0.1) is 0 Å². The van der Waals surface area contributed by atoms with Gasteiger partial charge in [-0.3, -0.25) is 4.79 Å². The minimum absolute atomic E-state index is 0. The first-order chi connectivity index (χ1) is 7.56. The van der Waals surface area contributed by atoms with Crippen molar-refractivity contribution in [2.75, 3.05) is 13.1 Å². The topological polar surface area (TPSA) is 41.6 Å². The summed E-state index contributed by atoms with van der Waals surface area (Å²) in [5.41, 5.74) is 0. The number of ether oxygens (including phenoxy) is 1. The van der Waals surface area contributed by atoms with Crippen LogP contribution >= 0.6 is 12.4 Å². The van der Waals surface area contributed by atoms with E-state index >= 15 is 0 Å². The number of morpholine rings is 1. The van der Waals surface area contributed by atoms with Gasteiger partial charge in [-0.25, -0.2) is 0 Å². The largest absolute Gasteiger partial charge is 0.372 e. The number of nitrogens with one attached hydrogen (secondary N) is 1. The molecule has 5 heteroatoms. The van der Waals surface area contributed by atoms with E-state index in [1.807, 2.05) is 25.7 Å². The number of halogens is 1. The maximum atomic E-state index is 12.2. The number of carbonyl (C=O) groups is 1. The van der Waals surface area contributed by atoms with Crippen LogP contribution in [-0.4, -0.2) is 48.2 Å². The highest BCUT2D eigenvalue weighted by atomic mass is 35.5. The molecule has 1 aliphatic carbocycles. The maximum Gasteiger partial charge on any atom is 0.239 e. The third kappa shape index (κ3) is 4.12. The third-order valence-corrected chi connectivity index (χ3v) is 3.16. The normalized spacial score (nSPS) is 30.6. The molecule has 0 aromatic carbocycles. The van der Waals surface area contributed by atoms with E-state index in [0.717, 1.165) is 13.1 Å². The van der Waals surface area contributed by atoms with Gasteiger partial charge >= 0.3 is 0 Å². The Morgan fingerprint density at radius 3 is 2.29 bits per heavy atom. The average molecular weight is 263 g/mol. The van der Waals surface area contributed by atoms with Gasteiger partial charge in [0.15, 0.2) is 0 Å². The number of nitrogens with zero attached hydrogens (tertiary/aromatic N) is 1. The summed E-state index contributed by atoms with van der Waals surface area (Å²) >= 11 is 0. The van der Waals surface area contributed by atoms with Gasteiger partial charge in [-0.05, 0) is 33.6 Å². The van der Waals surface area contributed by atoms with Gasteiger partial charge in [0.1, 0.15) is 0 Å². The summed E-state index contributed by atoms with van der Waals surface area (Å²) in [6, 6.07) is 0.528. The van der Waals surface area contributed by atoms with E-state index in [1.165, 1.54) is 12.8 Å². The van der Waals surface area contributed by atoms with Gasteiger partial charge in [-0.15, -0.1) is 12.4 Å². The molecule has 1 amide bonds. The molecule has 1 saturated carbocycles. The summed E-state index contributed by atoms with van der Waals surface area (Å²) in [6.45, 7) is 7.45. The lowest BCUT2D eigenvalue weighted by Gasteiger charge is -2.36. The van der Waals surface area contributed by atoms with Crippen molar-refractivity contribution in [3.05, 3.63) is 0 Å². The van der Waals surface area contributed by atoms with Crippen LogP contribution in [0.2, 0.25) is 0 Å². The molecule has 0 radical (unpaired) electrons. The van der Waals surface area contributed by atoms with Crippen LogP contribution in [0.15, 0.2) is 0 Å². The Labute approximate surface area is 109 Å². The van der Waals surface area contributed by atoms with Crippen molar-refractivity contribution < 1.29 is 9.53 Å². The first-order valence-electron chi connectivity index (χ1n) is 6.26. The maximum absolute atomic E-state index is 12.2. The number of rotatable bonds is 3. The molecule has 0 spiro atoms. The molecular weight excluding hydrogens is 240 g/mol. The van der Waals surface area contributed by atoms with Crippen LogP contribution in [0.4, 0.5) is 0 Å². The molecule has 0 aromatic rings. The summed E-state index contributed by atoms with van der Waals surface area (Å²) < 4.78 is 5.63. The van der Waals surface area contributed by atoms with E-state index in [9.17, 15) is 4.79 Å². The molecule has 0 aromatic heterocycles. The lowest BCUT2D eigenvalue weighted by molar-refractivity contribution is -0.145. The molecule has 4 nitrogen and oxygen atoms in total. The molecule has 2 aliphatic rings. The Bertz CT molecular complexity index is 261. The van der Waals surface area contributed by atoms with Crippen LogP contribution in [0.25, 0.3) is 0 Å².